The van der Waals surface area contributed by atoms with Gasteiger partial charge in [0, 0.05) is 24.1 Å². The summed E-state index contributed by atoms with van der Waals surface area (Å²) in [4.78, 5) is 16.2. The zero-order chi connectivity index (χ0) is 18.5. The molecule has 5 nitrogen and oxygen atoms in total. The van der Waals surface area contributed by atoms with E-state index in [4.69, 9.17) is 23.2 Å². The molecule has 8 heteroatoms. The summed E-state index contributed by atoms with van der Waals surface area (Å²) in [5.74, 6) is -0.401. The van der Waals surface area contributed by atoms with E-state index in [0.717, 1.165) is 25.7 Å². The van der Waals surface area contributed by atoms with Crippen molar-refractivity contribution in [3.05, 3.63) is 52.5 Å². The first-order chi connectivity index (χ1) is 12.5. The molecule has 1 aliphatic carbocycles. The van der Waals surface area contributed by atoms with E-state index in [-0.39, 0.29) is 18.1 Å². The van der Waals surface area contributed by atoms with Crippen LogP contribution in [0.25, 0.3) is 0 Å². The van der Waals surface area contributed by atoms with Crippen LogP contribution in [-0.4, -0.2) is 23.1 Å². The first kappa shape index (κ1) is 18.7. The predicted molar refractivity (Wildman–Crippen MR) is 102 cm³/mol. The van der Waals surface area contributed by atoms with E-state index in [9.17, 15) is 9.18 Å². The largest absolute Gasteiger partial charge is 0.378 e. The van der Waals surface area contributed by atoms with Gasteiger partial charge in [-0.3, -0.25) is 4.98 Å². The first-order valence-corrected chi connectivity index (χ1v) is 9.17. The van der Waals surface area contributed by atoms with Crippen molar-refractivity contribution in [3.63, 3.8) is 0 Å². The molecule has 1 aromatic heterocycles. The molecule has 1 aromatic carbocycles. The van der Waals surface area contributed by atoms with Crippen molar-refractivity contribution in [1.29, 1.82) is 0 Å². The standard InChI is InChI=1S/C18H19Cl2FN4O/c19-13-9-22-10-14(20)17(13)24-15-6-1-2-7-16(15)25-18(26)23-12-5-3-4-11(21)8-12/h3-5,8-10,15-16H,1-2,6-7H2,(H,22,24)(H2,23,25,26)/t15-,16+/m1/s1. The number of carbonyl (C=O) groups is 1. The summed E-state index contributed by atoms with van der Waals surface area (Å²) < 4.78 is 13.2. The Kier molecular flexibility index (Phi) is 6.16. The maximum atomic E-state index is 13.2. The number of benzene rings is 1. The van der Waals surface area contributed by atoms with Crippen LogP contribution in [0.3, 0.4) is 0 Å². The molecule has 26 heavy (non-hydrogen) atoms. The highest BCUT2D eigenvalue weighted by atomic mass is 35.5. The second kappa shape index (κ2) is 8.56. The number of carbonyl (C=O) groups excluding carboxylic acids is 1. The maximum Gasteiger partial charge on any atom is 0.319 e. The van der Waals surface area contributed by atoms with E-state index in [0.29, 0.717) is 21.4 Å². The lowest BCUT2D eigenvalue weighted by Gasteiger charge is -2.33. The molecular weight excluding hydrogens is 378 g/mol. The lowest BCUT2D eigenvalue weighted by molar-refractivity contribution is 0.242. The number of hydrogen-bond acceptors (Lipinski definition) is 3. The van der Waals surface area contributed by atoms with Crippen LogP contribution in [0.15, 0.2) is 36.7 Å². The lowest BCUT2D eigenvalue weighted by Crippen LogP contribution is -2.49. The quantitative estimate of drug-likeness (QED) is 0.675. The van der Waals surface area contributed by atoms with E-state index >= 15 is 0 Å². The minimum atomic E-state index is -0.401. The van der Waals surface area contributed by atoms with Crippen LogP contribution < -0.4 is 16.0 Å². The van der Waals surface area contributed by atoms with Crippen molar-refractivity contribution in [2.45, 2.75) is 37.8 Å². The smallest absolute Gasteiger partial charge is 0.319 e. The summed E-state index contributed by atoms with van der Waals surface area (Å²) in [6.07, 6.45) is 6.81. The van der Waals surface area contributed by atoms with E-state index in [2.05, 4.69) is 20.9 Å². The summed E-state index contributed by atoms with van der Waals surface area (Å²) in [6, 6.07) is 5.29. The Bertz CT molecular complexity index is 769. The Morgan fingerprint density at radius 3 is 2.50 bits per heavy atom. The van der Waals surface area contributed by atoms with Gasteiger partial charge in [0.25, 0.3) is 0 Å². The van der Waals surface area contributed by atoms with Crippen molar-refractivity contribution in [2.75, 3.05) is 10.6 Å². The van der Waals surface area contributed by atoms with Gasteiger partial charge in [0.1, 0.15) is 5.82 Å². The summed E-state index contributed by atoms with van der Waals surface area (Å²) in [6.45, 7) is 0. The van der Waals surface area contributed by atoms with Gasteiger partial charge < -0.3 is 16.0 Å². The number of halogens is 3. The van der Waals surface area contributed by atoms with Gasteiger partial charge in [-0.15, -0.1) is 0 Å². The van der Waals surface area contributed by atoms with Gasteiger partial charge in [-0.2, -0.15) is 0 Å². The van der Waals surface area contributed by atoms with Crippen LogP contribution in [0, 0.1) is 5.82 Å². The van der Waals surface area contributed by atoms with Crippen LogP contribution in [0.5, 0.6) is 0 Å². The average molecular weight is 397 g/mol. The van der Waals surface area contributed by atoms with Gasteiger partial charge in [-0.25, -0.2) is 9.18 Å². The summed E-state index contributed by atoms with van der Waals surface area (Å²) in [7, 11) is 0. The van der Waals surface area contributed by atoms with Gasteiger partial charge in [0.2, 0.25) is 0 Å². The number of urea groups is 1. The van der Waals surface area contributed by atoms with Crippen molar-refractivity contribution in [2.24, 2.45) is 0 Å². The number of aromatic nitrogens is 1. The number of hydrogen-bond donors (Lipinski definition) is 3. The molecular formula is C18H19Cl2FN4O. The van der Waals surface area contributed by atoms with E-state index in [1.165, 1.54) is 24.5 Å². The van der Waals surface area contributed by atoms with Crippen molar-refractivity contribution in [1.82, 2.24) is 10.3 Å². The van der Waals surface area contributed by atoms with Crippen LogP contribution in [-0.2, 0) is 0 Å². The SMILES string of the molecule is O=C(Nc1cccc(F)c1)N[C@H]1CCCC[C@H]1Nc1c(Cl)cncc1Cl. The number of anilines is 2. The number of pyridine rings is 1. The van der Waals surface area contributed by atoms with Gasteiger partial charge in [-0.05, 0) is 31.0 Å². The Balaban J connectivity index is 1.66. The number of rotatable bonds is 4. The van der Waals surface area contributed by atoms with Crippen LogP contribution in [0.1, 0.15) is 25.7 Å². The first-order valence-electron chi connectivity index (χ1n) is 8.41. The molecule has 3 N–H and O–H groups in total. The molecule has 2 amide bonds. The van der Waals surface area contributed by atoms with Crippen LogP contribution >= 0.6 is 23.2 Å². The highest BCUT2D eigenvalue weighted by Crippen LogP contribution is 2.32. The fraction of sp³-hybridized carbons (Fsp3) is 0.333. The summed E-state index contributed by atoms with van der Waals surface area (Å²) >= 11 is 12.4. The molecule has 2 aromatic rings. The molecule has 0 unspecified atom stereocenters. The number of nitrogens with one attached hydrogen (secondary N) is 3. The number of amides is 2. The van der Waals surface area contributed by atoms with Crippen molar-refractivity contribution in [3.8, 4) is 0 Å². The molecule has 0 bridgehead atoms. The molecule has 1 heterocycles. The molecule has 1 fully saturated rings. The van der Waals surface area contributed by atoms with E-state index < -0.39 is 5.82 Å². The minimum Gasteiger partial charge on any atom is -0.378 e. The molecule has 1 saturated carbocycles. The molecule has 2 atom stereocenters. The third-order valence-corrected chi connectivity index (χ3v) is 4.92. The molecule has 3 rings (SSSR count). The Morgan fingerprint density at radius 1 is 1.12 bits per heavy atom. The van der Waals surface area contributed by atoms with E-state index in [1.807, 2.05) is 0 Å². The molecule has 0 radical (unpaired) electrons. The number of nitrogens with zero attached hydrogens (tertiary/aromatic N) is 1. The second-order valence-electron chi connectivity index (χ2n) is 6.23. The van der Waals surface area contributed by atoms with Gasteiger partial charge in [0.05, 0.1) is 21.8 Å². The monoisotopic (exact) mass is 396 g/mol. The van der Waals surface area contributed by atoms with E-state index in [1.54, 1.807) is 12.1 Å². The normalized spacial score (nSPS) is 19.7. The Hall–Kier alpha value is -2.05. The zero-order valence-corrected chi connectivity index (χ0v) is 15.4. The maximum absolute atomic E-state index is 13.2. The Labute approximate surface area is 161 Å². The summed E-state index contributed by atoms with van der Waals surface area (Å²) in [5, 5.41) is 9.83. The van der Waals surface area contributed by atoms with Gasteiger partial charge in [0.15, 0.2) is 0 Å². The molecule has 138 valence electrons. The van der Waals surface area contributed by atoms with Crippen molar-refractivity contribution < 1.29 is 9.18 Å². The zero-order valence-electron chi connectivity index (χ0n) is 13.9. The fourth-order valence-corrected chi connectivity index (χ4v) is 3.59. The topological polar surface area (TPSA) is 66.1 Å². The molecule has 1 aliphatic rings. The van der Waals surface area contributed by atoms with Crippen LogP contribution in [0.2, 0.25) is 10.0 Å². The average Bonchev–Trinajstić information content (AvgIpc) is 2.59. The molecule has 0 spiro atoms. The molecule has 0 aliphatic heterocycles. The van der Waals surface area contributed by atoms with Crippen LogP contribution in [0.4, 0.5) is 20.6 Å². The predicted octanol–water partition coefficient (Wildman–Crippen LogP) is 5.07. The lowest BCUT2D eigenvalue weighted by atomic mass is 9.90. The van der Waals surface area contributed by atoms with Gasteiger partial charge in [-0.1, -0.05) is 42.1 Å². The summed E-state index contributed by atoms with van der Waals surface area (Å²) in [5.41, 5.74) is 1.02. The van der Waals surface area contributed by atoms with Crippen molar-refractivity contribution >= 4 is 40.6 Å². The second-order valence-corrected chi connectivity index (χ2v) is 7.04. The minimum absolute atomic E-state index is 0.0144. The Morgan fingerprint density at radius 2 is 1.81 bits per heavy atom. The third-order valence-electron chi connectivity index (χ3n) is 4.35. The third kappa shape index (κ3) is 4.77. The van der Waals surface area contributed by atoms with Gasteiger partial charge >= 0.3 is 6.03 Å². The molecule has 0 saturated heterocycles. The fourth-order valence-electron chi connectivity index (χ4n) is 3.11. The highest BCUT2D eigenvalue weighted by molar-refractivity contribution is 6.38. The highest BCUT2D eigenvalue weighted by Gasteiger charge is 2.27.